The van der Waals surface area contributed by atoms with Gasteiger partial charge >= 0.3 is 0 Å². The molecule has 2 aromatic rings. The van der Waals surface area contributed by atoms with Crippen LogP contribution in [0.1, 0.15) is 55.8 Å². The van der Waals surface area contributed by atoms with Crippen LogP contribution in [0, 0.1) is 0 Å². The molecule has 0 heterocycles. The van der Waals surface area contributed by atoms with Crippen LogP contribution >= 0.6 is 23.2 Å². The molecule has 0 N–H and O–H groups in total. The van der Waals surface area contributed by atoms with Gasteiger partial charge in [-0.3, -0.25) is 4.79 Å². The highest BCUT2D eigenvalue weighted by Gasteiger charge is 2.06. The normalized spacial score (nSPS) is 10.7. The summed E-state index contributed by atoms with van der Waals surface area (Å²) >= 11 is 11.8. The Morgan fingerprint density at radius 3 is 2.20 bits per heavy atom. The number of ether oxygens (including phenoxy) is 1. The molecule has 0 radical (unpaired) electrons. The number of hydrogen-bond donors (Lipinski definition) is 0. The van der Waals surface area contributed by atoms with E-state index >= 15 is 0 Å². The van der Waals surface area contributed by atoms with Gasteiger partial charge in [0.1, 0.15) is 5.75 Å². The van der Waals surface area contributed by atoms with Crippen molar-refractivity contribution in [2.24, 2.45) is 0 Å². The molecule has 0 spiro atoms. The first-order valence-electron chi connectivity index (χ1n) is 8.84. The van der Waals surface area contributed by atoms with Crippen molar-refractivity contribution in [2.75, 3.05) is 6.61 Å². The van der Waals surface area contributed by atoms with Crippen LogP contribution < -0.4 is 4.74 Å². The Bertz CT molecular complexity index is 681. The van der Waals surface area contributed by atoms with Gasteiger partial charge in [-0.2, -0.15) is 0 Å². The molecule has 4 heteroatoms. The maximum absolute atomic E-state index is 11.1. The van der Waals surface area contributed by atoms with Crippen molar-refractivity contribution in [3.8, 4) is 16.9 Å². The predicted molar refractivity (Wildman–Crippen MR) is 106 cm³/mol. The molecule has 0 saturated carbocycles. The highest BCUT2D eigenvalue weighted by Crippen LogP contribution is 2.30. The fraction of sp³-hybridized carbons (Fsp3) is 0.381. The second-order valence-corrected chi connectivity index (χ2v) is 6.86. The van der Waals surface area contributed by atoms with Gasteiger partial charge in [0.05, 0.1) is 11.6 Å². The van der Waals surface area contributed by atoms with Gasteiger partial charge in [-0.1, -0.05) is 68.8 Å². The zero-order chi connectivity index (χ0) is 18.1. The van der Waals surface area contributed by atoms with E-state index in [4.69, 9.17) is 27.9 Å². The topological polar surface area (TPSA) is 26.3 Å². The second-order valence-electron chi connectivity index (χ2n) is 6.11. The Hall–Kier alpha value is -1.51. The van der Waals surface area contributed by atoms with E-state index in [1.165, 1.54) is 32.1 Å². The van der Waals surface area contributed by atoms with E-state index in [0.717, 1.165) is 17.5 Å². The molecule has 2 aromatic carbocycles. The lowest BCUT2D eigenvalue weighted by atomic mass is 10.0. The van der Waals surface area contributed by atoms with E-state index in [9.17, 15) is 4.79 Å². The molecule has 2 rings (SSSR count). The quantitative estimate of drug-likeness (QED) is 0.324. The Morgan fingerprint density at radius 1 is 0.920 bits per heavy atom. The van der Waals surface area contributed by atoms with Crippen LogP contribution in [0.15, 0.2) is 42.5 Å². The average molecular weight is 379 g/mol. The summed E-state index contributed by atoms with van der Waals surface area (Å²) in [5.41, 5.74) is 2.44. The summed E-state index contributed by atoms with van der Waals surface area (Å²) in [5.74, 6) is 0.714. The first-order valence-corrected chi connectivity index (χ1v) is 9.60. The Morgan fingerprint density at radius 2 is 1.56 bits per heavy atom. The lowest BCUT2D eigenvalue weighted by Gasteiger charge is -2.10. The summed E-state index contributed by atoms with van der Waals surface area (Å²) in [4.78, 5) is 11.1. The molecule has 0 aliphatic heterocycles. The van der Waals surface area contributed by atoms with Crippen LogP contribution in [0.3, 0.4) is 0 Å². The molecule has 0 aromatic heterocycles. The SMILES string of the molecule is CCCCCCCCOc1ccc(-c2ccc(C(=O)Cl)cc2)cc1Cl. The number of rotatable bonds is 10. The van der Waals surface area contributed by atoms with Crippen LogP contribution in [0.25, 0.3) is 11.1 Å². The van der Waals surface area contributed by atoms with Crippen molar-refractivity contribution < 1.29 is 9.53 Å². The summed E-state index contributed by atoms with van der Waals surface area (Å²) in [5, 5.41) is 0.143. The Labute approximate surface area is 160 Å². The van der Waals surface area contributed by atoms with E-state index in [1.807, 2.05) is 30.3 Å². The van der Waals surface area contributed by atoms with E-state index in [-0.39, 0.29) is 0 Å². The molecule has 0 atom stereocenters. The highest BCUT2D eigenvalue weighted by molar-refractivity contribution is 6.67. The zero-order valence-electron chi connectivity index (χ0n) is 14.6. The van der Waals surface area contributed by atoms with Crippen molar-refractivity contribution in [2.45, 2.75) is 45.4 Å². The van der Waals surface area contributed by atoms with Crippen molar-refractivity contribution in [3.05, 3.63) is 53.1 Å². The third-order valence-corrected chi connectivity index (χ3v) is 4.65. The van der Waals surface area contributed by atoms with E-state index in [2.05, 4.69) is 6.92 Å². The van der Waals surface area contributed by atoms with E-state index in [1.54, 1.807) is 12.1 Å². The fourth-order valence-electron chi connectivity index (χ4n) is 2.66. The van der Waals surface area contributed by atoms with Crippen LogP contribution in [-0.4, -0.2) is 11.8 Å². The minimum absolute atomic E-state index is 0.456. The number of hydrogen-bond acceptors (Lipinski definition) is 2. The Kier molecular flexibility index (Phi) is 8.30. The second kappa shape index (κ2) is 10.5. The van der Waals surface area contributed by atoms with Crippen LogP contribution in [0.5, 0.6) is 5.75 Å². The van der Waals surface area contributed by atoms with Crippen molar-refractivity contribution >= 4 is 28.4 Å². The van der Waals surface area contributed by atoms with Crippen molar-refractivity contribution in [1.29, 1.82) is 0 Å². The van der Waals surface area contributed by atoms with Gasteiger partial charge in [-0.15, -0.1) is 0 Å². The molecular weight excluding hydrogens is 355 g/mol. The van der Waals surface area contributed by atoms with Gasteiger partial charge in [0.2, 0.25) is 0 Å². The summed E-state index contributed by atoms with van der Waals surface area (Å²) < 4.78 is 5.79. The lowest BCUT2D eigenvalue weighted by molar-refractivity contribution is 0.108. The zero-order valence-corrected chi connectivity index (χ0v) is 16.1. The van der Waals surface area contributed by atoms with Gasteiger partial charge < -0.3 is 4.74 Å². The smallest absolute Gasteiger partial charge is 0.252 e. The van der Waals surface area contributed by atoms with Gasteiger partial charge in [-0.05, 0) is 53.4 Å². The number of unbranched alkanes of at least 4 members (excludes halogenated alkanes) is 5. The first kappa shape index (κ1) is 19.8. The van der Waals surface area contributed by atoms with Gasteiger partial charge in [-0.25, -0.2) is 0 Å². The third kappa shape index (κ3) is 6.37. The summed E-state index contributed by atoms with van der Waals surface area (Å²) in [6.07, 6.45) is 7.40. The maximum Gasteiger partial charge on any atom is 0.252 e. The van der Waals surface area contributed by atoms with E-state index in [0.29, 0.717) is 22.9 Å². The summed E-state index contributed by atoms with van der Waals surface area (Å²) in [7, 11) is 0. The summed E-state index contributed by atoms with van der Waals surface area (Å²) in [6, 6.07) is 12.9. The van der Waals surface area contributed by atoms with Crippen LogP contribution in [0.4, 0.5) is 0 Å². The molecule has 0 aliphatic rings. The highest BCUT2D eigenvalue weighted by atomic mass is 35.5. The molecular formula is C21H24Cl2O2. The standard InChI is InChI=1S/C21H24Cl2O2/c1-2-3-4-5-6-7-14-25-20-13-12-18(15-19(20)22)16-8-10-17(11-9-16)21(23)24/h8-13,15H,2-7,14H2,1H3. The Balaban J connectivity index is 1.88. The average Bonchev–Trinajstić information content (AvgIpc) is 2.62. The monoisotopic (exact) mass is 378 g/mol. The number of halogens is 2. The molecule has 0 fully saturated rings. The van der Waals surface area contributed by atoms with E-state index < -0.39 is 5.24 Å². The number of carbonyl (C=O) groups is 1. The molecule has 0 saturated heterocycles. The maximum atomic E-state index is 11.1. The molecule has 0 bridgehead atoms. The summed E-state index contributed by atoms with van der Waals surface area (Å²) in [6.45, 7) is 2.91. The largest absolute Gasteiger partial charge is 0.492 e. The predicted octanol–water partition coefficient (Wildman–Crippen LogP) is 7.13. The third-order valence-electron chi connectivity index (χ3n) is 4.13. The lowest BCUT2D eigenvalue weighted by Crippen LogP contribution is -1.98. The van der Waals surface area contributed by atoms with Gasteiger partial charge in [0.25, 0.3) is 5.24 Å². The molecule has 0 unspecified atom stereocenters. The van der Waals surface area contributed by atoms with Crippen LogP contribution in [0.2, 0.25) is 5.02 Å². The minimum atomic E-state index is -0.456. The molecule has 0 aliphatic carbocycles. The molecule has 25 heavy (non-hydrogen) atoms. The van der Waals surface area contributed by atoms with Crippen molar-refractivity contribution in [3.63, 3.8) is 0 Å². The molecule has 134 valence electrons. The minimum Gasteiger partial charge on any atom is -0.492 e. The number of benzene rings is 2. The fourth-order valence-corrected chi connectivity index (χ4v) is 3.02. The molecule has 2 nitrogen and oxygen atoms in total. The first-order chi connectivity index (χ1) is 12.1. The van der Waals surface area contributed by atoms with Gasteiger partial charge in [0.15, 0.2) is 0 Å². The molecule has 0 amide bonds. The van der Waals surface area contributed by atoms with Gasteiger partial charge in [0, 0.05) is 5.56 Å². The van der Waals surface area contributed by atoms with Crippen molar-refractivity contribution in [1.82, 2.24) is 0 Å². The number of carbonyl (C=O) groups excluding carboxylic acids is 1. The van der Waals surface area contributed by atoms with Crippen LogP contribution in [-0.2, 0) is 0 Å².